The molecule has 0 radical (unpaired) electrons. The highest BCUT2D eigenvalue weighted by Crippen LogP contribution is 2.23. The minimum absolute atomic E-state index is 0.348. The van der Waals surface area contributed by atoms with Gasteiger partial charge in [0.1, 0.15) is 6.10 Å². The van der Waals surface area contributed by atoms with Crippen LogP contribution in [0.4, 0.5) is 0 Å². The third-order valence-corrected chi connectivity index (χ3v) is 3.31. The highest BCUT2D eigenvalue weighted by molar-refractivity contribution is 5.79. The van der Waals surface area contributed by atoms with Crippen molar-refractivity contribution < 1.29 is 4.74 Å². The molecule has 1 aromatic rings. The maximum Gasteiger partial charge on any atom is 0.213 e. The van der Waals surface area contributed by atoms with Gasteiger partial charge in [0.05, 0.1) is 0 Å². The fraction of sp³-hybridized carbons (Fsp3) is 0.571. The molecule has 1 fully saturated rings. The monoisotopic (exact) mass is 262 g/mol. The second-order valence-corrected chi connectivity index (χ2v) is 4.70. The van der Waals surface area contributed by atoms with E-state index in [2.05, 4.69) is 20.6 Å². The molecule has 19 heavy (non-hydrogen) atoms. The summed E-state index contributed by atoms with van der Waals surface area (Å²) in [6.07, 6.45) is 6.98. The Labute approximate surface area is 114 Å². The van der Waals surface area contributed by atoms with E-state index < -0.39 is 0 Å². The third-order valence-electron chi connectivity index (χ3n) is 3.31. The van der Waals surface area contributed by atoms with Gasteiger partial charge in [0.2, 0.25) is 5.88 Å². The lowest BCUT2D eigenvalue weighted by molar-refractivity contribution is 0.201. The molecule has 0 aliphatic heterocycles. The largest absolute Gasteiger partial charge is 0.474 e. The molecule has 1 heterocycles. The lowest BCUT2D eigenvalue weighted by atomic mass is 10.2. The van der Waals surface area contributed by atoms with Crippen molar-refractivity contribution in [2.24, 2.45) is 4.99 Å². The second kappa shape index (κ2) is 6.97. The lowest BCUT2D eigenvalue weighted by Gasteiger charge is -2.13. The van der Waals surface area contributed by atoms with Gasteiger partial charge in [-0.1, -0.05) is 0 Å². The number of aromatic nitrogens is 1. The van der Waals surface area contributed by atoms with Crippen LogP contribution in [0, 0.1) is 0 Å². The van der Waals surface area contributed by atoms with Gasteiger partial charge in [0.25, 0.3) is 0 Å². The summed E-state index contributed by atoms with van der Waals surface area (Å²) in [6, 6.07) is 3.98. The van der Waals surface area contributed by atoms with Crippen LogP contribution in [-0.4, -0.2) is 31.1 Å². The fourth-order valence-corrected chi connectivity index (χ4v) is 2.27. The van der Waals surface area contributed by atoms with Crippen LogP contribution >= 0.6 is 0 Å². The average molecular weight is 262 g/mol. The average Bonchev–Trinajstić information content (AvgIpc) is 2.93. The fourth-order valence-electron chi connectivity index (χ4n) is 2.27. The van der Waals surface area contributed by atoms with Gasteiger partial charge in [0.15, 0.2) is 5.96 Å². The number of ether oxygens (including phenoxy) is 1. The molecule has 5 nitrogen and oxygen atoms in total. The van der Waals surface area contributed by atoms with E-state index in [1.54, 1.807) is 13.2 Å². The number of pyridine rings is 1. The summed E-state index contributed by atoms with van der Waals surface area (Å²) in [4.78, 5) is 8.35. The molecule has 1 aliphatic carbocycles. The molecule has 2 N–H and O–H groups in total. The third kappa shape index (κ3) is 4.12. The molecule has 2 rings (SSSR count). The van der Waals surface area contributed by atoms with Crippen LogP contribution in [0.3, 0.4) is 0 Å². The van der Waals surface area contributed by atoms with Crippen molar-refractivity contribution >= 4 is 5.96 Å². The molecule has 1 saturated carbocycles. The van der Waals surface area contributed by atoms with Gasteiger partial charge in [-0.2, -0.15) is 0 Å². The molecule has 0 saturated heterocycles. The summed E-state index contributed by atoms with van der Waals surface area (Å²) in [5.74, 6) is 1.50. The van der Waals surface area contributed by atoms with Gasteiger partial charge >= 0.3 is 0 Å². The molecule has 0 unspecified atom stereocenters. The van der Waals surface area contributed by atoms with E-state index in [4.69, 9.17) is 4.74 Å². The summed E-state index contributed by atoms with van der Waals surface area (Å²) in [5, 5.41) is 6.20. The Morgan fingerprint density at radius 1 is 1.47 bits per heavy atom. The van der Waals surface area contributed by atoms with Crippen molar-refractivity contribution in [2.45, 2.75) is 38.3 Å². The molecular formula is C14H22N4O. The van der Waals surface area contributed by atoms with Gasteiger partial charge < -0.3 is 15.4 Å². The Morgan fingerprint density at radius 2 is 2.26 bits per heavy atom. The minimum Gasteiger partial charge on any atom is -0.474 e. The Morgan fingerprint density at radius 3 is 2.95 bits per heavy atom. The standard InChI is InChI=1S/C14H22N4O/c1-15-14(16-2)18-10-11-7-8-17-13(9-11)19-12-5-3-4-6-12/h7-9,12H,3-6,10H2,1-2H3,(H2,15,16,18). The molecule has 0 spiro atoms. The quantitative estimate of drug-likeness (QED) is 0.640. The maximum absolute atomic E-state index is 5.89. The van der Waals surface area contributed by atoms with E-state index in [0.29, 0.717) is 12.6 Å². The molecule has 1 aliphatic rings. The first-order chi connectivity index (χ1) is 9.31. The molecular weight excluding hydrogens is 240 g/mol. The number of aliphatic imine (C=N–C) groups is 1. The highest BCUT2D eigenvalue weighted by Gasteiger charge is 2.16. The molecule has 0 bridgehead atoms. The Hall–Kier alpha value is -1.78. The van der Waals surface area contributed by atoms with Crippen LogP contribution in [0.5, 0.6) is 5.88 Å². The van der Waals surface area contributed by atoms with Crippen LogP contribution in [0.25, 0.3) is 0 Å². The van der Waals surface area contributed by atoms with Crippen LogP contribution in [-0.2, 0) is 6.54 Å². The van der Waals surface area contributed by atoms with Crippen LogP contribution in [0.2, 0.25) is 0 Å². The molecule has 5 heteroatoms. The second-order valence-electron chi connectivity index (χ2n) is 4.70. The first kappa shape index (κ1) is 13.6. The van der Waals surface area contributed by atoms with Gasteiger partial charge in [-0.15, -0.1) is 0 Å². The van der Waals surface area contributed by atoms with Crippen molar-refractivity contribution in [3.8, 4) is 5.88 Å². The van der Waals surface area contributed by atoms with E-state index >= 15 is 0 Å². The van der Waals surface area contributed by atoms with Crippen molar-refractivity contribution in [1.29, 1.82) is 0 Å². The summed E-state index contributed by atoms with van der Waals surface area (Å²) in [5.41, 5.74) is 1.14. The summed E-state index contributed by atoms with van der Waals surface area (Å²) in [6.45, 7) is 0.705. The van der Waals surface area contributed by atoms with E-state index in [1.165, 1.54) is 12.8 Å². The number of hydrogen-bond acceptors (Lipinski definition) is 3. The van der Waals surface area contributed by atoms with Crippen molar-refractivity contribution in [2.75, 3.05) is 14.1 Å². The van der Waals surface area contributed by atoms with Gasteiger partial charge in [-0.25, -0.2) is 4.98 Å². The molecule has 1 aromatic heterocycles. The van der Waals surface area contributed by atoms with Gasteiger partial charge in [-0.05, 0) is 37.3 Å². The molecule has 0 amide bonds. The number of nitrogens with one attached hydrogen (secondary N) is 2. The topological polar surface area (TPSA) is 58.5 Å². The Bertz CT molecular complexity index is 427. The number of hydrogen-bond donors (Lipinski definition) is 2. The highest BCUT2D eigenvalue weighted by atomic mass is 16.5. The van der Waals surface area contributed by atoms with E-state index in [9.17, 15) is 0 Å². The van der Waals surface area contributed by atoms with Crippen molar-refractivity contribution in [3.05, 3.63) is 23.9 Å². The number of nitrogens with zero attached hydrogens (tertiary/aromatic N) is 2. The molecule has 104 valence electrons. The van der Waals surface area contributed by atoms with Crippen LogP contribution < -0.4 is 15.4 Å². The Balaban J connectivity index is 1.90. The summed E-state index contributed by atoms with van der Waals surface area (Å²) < 4.78 is 5.89. The SMILES string of the molecule is CN=C(NC)NCc1ccnc(OC2CCCC2)c1. The maximum atomic E-state index is 5.89. The predicted octanol–water partition coefficient (Wildman–Crippen LogP) is 1.70. The lowest BCUT2D eigenvalue weighted by Crippen LogP contribution is -2.34. The summed E-state index contributed by atoms with van der Waals surface area (Å²) in [7, 11) is 3.59. The first-order valence-electron chi connectivity index (χ1n) is 6.82. The minimum atomic E-state index is 0.348. The first-order valence-corrected chi connectivity index (χ1v) is 6.82. The van der Waals surface area contributed by atoms with Gasteiger partial charge in [-0.3, -0.25) is 4.99 Å². The number of guanidine groups is 1. The number of rotatable bonds is 4. The summed E-state index contributed by atoms with van der Waals surface area (Å²) >= 11 is 0. The van der Waals surface area contributed by atoms with Crippen LogP contribution in [0.15, 0.2) is 23.3 Å². The molecule has 0 aromatic carbocycles. The zero-order chi connectivity index (χ0) is 13.5. The smallest absolute Gasteiger partial charge is 0.213 e. The normalized spacial score (nSPS) is 16.4. The van der Waals surface area contributed by atoms with Crippen LogP contribution in [0.1, 0.15) is 31.2 Å². The molecule has 0 atom stereocenters. The Kier molecular flexibility index (Phi) is 5.01. The van der Waals surface area contributed by atoms with Crippen molar-refractivity contribution in [3.63, 3.8) is 0 Å². The zero-order valence-electron chi connectivity index (χ0n) is 11.6. The van der Waals surface area contributed by atoms with E-state index in [1.807, 2.05) is 19.2 Å². The van der Waals surface area contributed by atoms with Crippen molar-refractivity contribution in [1.82, 2.24) is 15.6 Å². The zero-order valence-corrected chi connectivity index (χ0v) is 11.6. The van der Waals surface area contributed by atoms with E-state index in [-0.39, 0.29) is 0 Å². The predicted molar refractivity (Wildman–Crippen MR) is 76.4 cm³/mol. The van der Waals surface area contributed by atoms with Gasteiger partial charge in [0, 0.05) is 32.9 Å². The van der Waals surface area contributed by atoms with E-state index in [0.717, 1.165) is 30.2 Å².